The normalized spacial score (nSPS) is 16.3. The molecule has 0 unspecified atom stereocenters. The molecule has 3 N–H and O–H groups in total. The second-order valence-electron chi connectivity index (χ2n) is 5.97. The van der Waals surface area contributed by atoms with Gasteiger partial charge in [0.1, 0.15) is 12.4 Å². The molecule has 2 rings (SSSR count). The van der Waals surface area contributed by atoms with E-state index in [4.69, 9.17) is 10.5 Å². The summed E-state index contributed by atoms with van der Waals surface area (Å²) in [6.07, 6.45) is 2.34. The third-order valence-electron chi connectivity index (χ3n) is 3.90. The summed E-state index contributed by atoms with van der Waals surface area (Å²) in [5.41, 5.74) is 6.75. The van der Waals surface area contributed by atoms with Crippen molar-refractivity contribution >= 4 is 17.6 Å². The van der Waals surface area contributed by atoms with E-state index in [-0.39, 0.29) is 5.91 Å². The summed E-state index contributed by atoms with van der Waals surface area (Å²) in [4.78, 5) is 17.6. The summed E-state index contributed by atoms with van der Waals surface area (Å²) in [5, 5.41) is 2.73. The van der Waals surface area contributed by atoms with Crippen LogP contribution in [0.1, 0.15) is 26.7 Å². The molecule has 1 aromatic rings. The quantitative estimate of drug-likeness (QED) is 0.495. The van der Waals surface area contributed by atoms with Gasteiger partial charge in [-0.1, -0.05) is 13.0 Å². The van der Waals surface area contributed by atoms with Crippen LogP contribution in [0.2, 0.25) is 0 Å². The van der Waals surface area contributed by atoms with Crippen LogP contribution in [0.25, 0.3) is 0 Å². The van der Waals surface area contributed by atoms with Crippen LogP contribution in [0.4, 0.5) is 5.69 Å². The van der Waals surface area contributed by atoms with Crippen molar-refractivity contribution in [3.8, 4) is 5.75 Å². The number of benzene rings is 1. The topological polar surface area (TPSA) is 79.9 Å². The standard InChI is InChI=1S/C17H26N4O2/c1-13-6-9-21(10-7-13)17(18)19-8-11-23-16-5-3-4-15(12-16)20-14(2)22/h3-5,12-13H,6-11H2,1-2H3,(H2,18,19)(H,20,22). The number of carbonyl (C=O) groups is 1. The van der Waals surface area contributed by atoms with Crippen molar-refractivity contribution in [2.75, 3.05) is 31.6 Å². The lowest BCUT2D eigenvalue weighted by atomic mass is 10.00. The van der Waals surface area contributed by atoms with Gasteiger partial charge >= 0.3 is 0 Å². The Morgan fingerprint density at radius 2 is 2.17 bits per heavy atom. The Morgan fingerprint density at radius 1 is 1.43 bits per heavy atom. The number of hydrogen-bond donors (Lipinski definition) is 2. The number of nitrogens with two attached hydrogens (primary N) is 1. The highest BCUT2D eigenvalue weighted by Gasteiger charge is 2.16. The number of carbonyl (C=O) groups excluding carboxylic acids is 1. The minimum Gasteiger partial charge on any atom is -0.492 e. The lowest BCUT2D eigenvalue weighted by Crippen LogP contribution is -2.42. The molecule has 1 amide bonds. The Labute approximate surface area is 137 Å². The van der Waals surface area contributed by atoms with Crippen molar-refractivity contribution in [2.45, 2.75) is 26.7 Å². The van der Waals surface area contributed by atoms with Crippen LogP contribution in [0.3, 0.4) is 0 Å². The molecule has 1 aliphatic heterocycles. The molecule has 1 saturated heterocycles. The van der Waals surface area contributed by atoms with E-state index in [0.29, 0.717) is 24.9 Å². The van der Waals surface area contributed by atoms with Gasteiger partial charge in [-0.3, -0.25) is 4.79 Å². The molecular weight excluding hydrogens is 292 g/mol. The average Bonchev–Trinajstić information content (AvgIpc) is 2.52. The number of likely N-dealkylation sites (tertiary alicyclic amines) is 1. The number of piperidine rings is 1. The number of nitrogens with zero attached hydrogens (tertiary/aromatic N) is 2. The Morgan fingerprint density at radius 3 is 2.87 bits per heavy atom. The second kappa shape index (κ2) is 8.41. The highest BCUT2D eigenvalue weighted by Crippen LogP contribution is 2.17. The molecule has 1 fully saturated rings. The van der Waals surface area contributed by atoms with Gasteiger partial charge in [-0.25, -0.2) is 4.99 Å². The lowest BCUT2D eigenvalue weighted by molar-refractivity contribution is -0.114. The summed E-state index contributed by atoms with van der Waals surface area (Å²) in [5.74, 6) is 1.98. The molecule has 1 heterocycles. The molecule has 0 atom stereocenters. The van der Waals surface area contributed by atoms with E-state index in [9.17, 15) is 4.79 Å². The summed E-state index contributed by atoms with van der Waals surface area (Å²) in [7, 11) is 0. The van der Waals surface area contributed by atoms with E-state index >= 15 is 0 Å². The third kappa shape index (κ3) is 5.81. The molecule has 0 aromatic heterocycles. The molecule has 1 aliphatic rings. The van der Waals surface area contributed by atoms with E-state index in [1.165, 1.54) is 19.8 Å². The van der Waals surface area contributed by atoms with Gasteiger partial charge in [-0.15, -0.1) is 0 Å². The van der Waals surface area contributed by atoms with Crippen LogP contribution in [0.5, 0.6) is 5.75 Å². The molecule has 6 nitrogen and oxygen atoms in total. The third-order valence-corrected chi connectivity index (χ3v) is 3.90. The van der Waals surface area contributed by atoms with Crippen LogP contribution in [0, 0.1) is 5.92 Å². The first kappa shape index (κ1) is 17.1. The van der Waals surface area contributed by atoms with Crippen LogP contribution < -0.4 is 15.8 Å². The van der Waals surface area contributed by atoms with Crippen molar-refractivity contribution in [1.29, 1.82) is 0 Å². The SMILES string of the molecule is CC(=O)Nc1cccc(OCCN=C(N)N2CCC(C)CC2)c1. The van der Waals surface area contributed by atoms with Gasteiger partial charge in [0.25, 0.3) is 0 Å². The summed E-state index contributed by atoms with van der Waals surface area (Å²) < 4.78 is 5.65. The monoisotopic (exact) mass is 318 g/mol. The van der Waals surface area contributed by atoms with Crippen molar-refractivity contribution in [3.05, 3.63) is 24.3 Å². The first-order valence-electron chi connectivity index (χ1n) is 8.10. The Bertz CT molecular complexity index is 551. The Kier molecular flexibility index (Phi) is 6.26. The number of amides is 1. The summed E-state index contributed by atoms with van der Waals surface area (Å²) >= 11 is 0. The number of nitrogens with one attached hydrogen (secondary N) is 1. The maximum atomic E-state index is 11.0. The van der Waals surface area contributed by atoms with Gasteiger partial charge in [-0.05, 0) is 30.9 Å². The summed E-state index contributed by atoms with van der Waals surface area (Å²) in [6, 6.07) is 7.31. The molecule has 0 saturated carbocycles. The van der Waals surface area contributed by atoms with Gasteiger partial charge in [0.2, 0.25) is 5.91 Å². The zero-order chi connectivity index (χ0) is 16.7. The highest BCUT2D eigenvalue weighted by atomic mass is 16.5. The number of anilines is 1. The van der Waals surface area contributed by atoms with Gasteiger partial charge < -0.3 is 20.7 Å². The van der Waals surface area contributed by atoms with Crippen molar-refractivity contribution in [3.63, 3.8) is 0 Å². The second-order valence-corrected chi connectivity index (χ2v) is 5.97. The molecular formula is C17H26N4O2. The van der Waals surface area contributed by atoms with E-state index in [1.807, 2.05) is 18.2 Å². The molecule has 0 bridgehead atoms. The number of rotatable bonds is 5. The largest absolute Gasteiger partial charge is 0.492 e. The fourth-order valence-electron chi connectivity index (χ4n) is 2.53. The zero-order valence-corrected chi connectivity index (χ0v) is 13.9. The first-order valence-corrected chi connectivity index (χ1v) is 8.10. The minimum atomic E-state index is -0.102. The average molecular weight is 318 g/mol. The molecule has 126 valence electrons. The van der Waals surface area contributed by atoms with Crippen LogP contribution in [0.15, 0.2) is 29.3 Å². The van der Waals surface area contributed by atoms with Crippen LogP contribution in [-0.2, 0) is 4.79 Å². The molecule has 0 aliphatic carbocycles. The van der Waals surface area contributed by atoms with Gasteiger partial charge in [0, 0.05) is 31.8 Å². The molecule has 0 spiro atoms. The minimum absolute atomic E-state index is 0.102. The fourth-order valence-corrected chi connectivity index (χ4v) is 2.53. The maximum absolute atomic E-state index is 11.0. The predicted octanol–water partition coefficient (Wildman–Crippen LogP) is 2.07. The number of hydrogen-bond acceptors (Lipinski definition) is 3. The number of aliphatic imine (C=N–C) groups is 1. The van der Waals surface area contributed by atoms with E-state index < -0.39 is 0 Å². The van der Waals surface area contributed by atoms with Crippen molar-refractivity contribution in [2.24, 2.45) is 16.6 Å². The zero-order valence-electron chi connectivity index (χ0n) is 13.9. The first-order chi connectivity index (χ1) is 11.0. The van der Waals surface area contributed by atoms with E-state index in [2.05, 4.69) is 22.1 Å². The molecule has 6 heteroatoms. The van der Waals surface area contributed by atoms with Crippen molar-refractivity contribution < 1.29 is 9.53 Å². The Balaban J connectivity index is 1.76. The fraction of sp³-hybridized carbons (Fsp3) is 0.529. The van der Waals surface area contributed by atoms with Gasteiger partial charge in [0.05, 0.1) is 6.54 Å². The smallest absolute Gasteiger partial charge is 0.221 e. The maximum Gasteiger partial charge on any atom is 0.221 e. The highest BCUT2D eigenvalue weighted by molar-refractivity contribution is 5.88. The van der Waals surface area contributed by atoms with Crippen molar-refractivity contribution in [1.82, 2.24) is 4.90 Å². The van der Waals surface area contributed by atoms with Crippen LogP contribution >= 0.6 is 0 Å². The number of ether oxygens (including phenoxy) is 1. The molecule has 23 heavy (non-hydrogen) atoms. The predicted molar refractivity (Wildman–Crippen MR) is 92.7 cm³/mol. The summed E-state index contributed by atoms with van der Waals surface area (Å²) in [6.45, 7) is 6.68. The van der Waals surface area contributed by atoms with E-state index in [1.54, 1.807) is 6.07 Å². The lowest BCUT2D eigenvalue weighted by Gasteiger charge is -2.31. The Hall–Kier alpha value is -2.24. The van der Waals surface area contributed by atoms with Gasteiger partial charge in [-0.2, -0.15) is 0 Å². The molecule has 0 radical (unpaired) electrons. The van der Waals surface area contributed by atoms with Gasteiger partial charge in [0.15, 0.2) is 5.96 Å². The molecule has 1 aromatic carbocycles. The van der Waals surface area contributed by atoms with E-state index in [0.717, 1.165) is 24.7 Å². The number of guanidine groups is 1. The van der Waals surface area contributed by atoms with Crippen LogP contribution in [-0.4, -0.2) is 43.0 Å².